The predicted octanol–water partition coefficient (Wildman–Crippen LogP) is 4.76. The highest BCUT2D eigenvalue weighted by atomic mass is 19.2. The third kappa shape index (κ3) is 3.66. The van der Waals surface area contributed by atoms with Crippen molar-refractivity contribution < 1.29 is 13.6 Å². The lowest BCUT2D eigenvalue weighted by Gasteiger charge is -2.12. The molecule has 0 saturated heterocycles. The van der Waals surface area contributed by atoms with Crippen molar-refractivity contribution in [3.05, 3.63) is 89.9 Å². The zero-order chi connectivity index (χ0) is 22.1. The van der Waals surface area contributed by atoms with E-state index in [0.717, 1.165) is 29.1 Å². The molecule has 0 fully saturated rings. The first-order valence-electron chi connectivity index (χ1n) is 9.56. The van der Waals surface area contributed by atoms with Crippen molar-refractivity contribution in [1.82, 2.24) is 9.97 Å². The molecule has 0 bridgehead atoms. The van der Waals surface area contributed by atoms with Crippen LogP contribution in [-0.2, 0) is 0 Å². The first kappa shape index (κ1) is 20.3. The minimum Gasteiger partial charge on any atom is -0.404 e. The monoisotopic (exact) mass is 418 g/mol. The number of H-pyrrole nitrogens is 1. The van der Waals surface area contributed by atoms with Gasteiger partial charge in [0.2, 0.25) is 0 Å². The number of nitrogens with one attached hydrogen (secondary N) is 1. The van der Waals surface area contributed by atoms with E-state index in [1.807, 2.05) is 49.3 Å². The molecule has 0 aliphatic heterocycles. The quantitative estimate of drug-likeness (QED) is 0.362. The van der Waals surface area contributed by atoms with Crippen molar-refractivity contribution in [1.29, 1.82) is 0 Å². The van der Waals surface area contributed by atoms with Gasteiger partial charge in [-0.2, -0.15) is 0 Å². The number of Topliss-reactive ketones (excluding diaryl/α,β-unsaturated/α-hetero) is 1. The van der Waals surface area contributed by atoms with Gasteiger partial charge in [-0.05, 0) is 29.8 Å². The second kappa shape index (κ2) is 8.02. The van der Waals surface area contributed by atoms with Crippen molar-refractivity contribution in [3.8, 4) is 11.1 Å². The summed E-state index contributed by atoms with van der Waals surface area (Å²) in [4.78, 5) is 22.6. The molecular weight excluding hydrogens is 398 g/mol. The van der Waals surface area contributed by atoms with Crippen LogP contribution >= 0.6 is 0 Å². The van der Waals surface area contributed by atoms with Gasteiger partial charge in [-0.25, -0.2) is 13.8 Å². The number of hydrogen-bond donors (Lipinski definition) is 2. The van der Waals surface area contributed by atoms with Crippen LogP contribution in [0.4, 0.5) is 14.5 Å². The highest BCUT2D eigenvalue weighted by molar-refractivity contribution is 6.32. The van der Waals surface area contributed by atoms with Gasteiger partial charge in [0.1, 0.15) is 5.65 Å². The summed E-state index contributed by atoms with van der Waals surface area (Å²) in [5, 5.41) is 0.565. The van der Waals surface area contributed by atoms with E-state index in [0.29, 0.717) is 11.0 Å². The maximum Gasteiger partial charge on any atom is 0.197 e. The molecule has 31 heavy (non-hydrogen) atoms. The fourth-order valence-corrected chi connectivity index (χ4v) is 3.45. The number of pyridine rings is 1. The lowest BCUT2D eigenvalue weighted by molar-refractivity contribution is 0.105. The number of ketones is 1. The number of fused-ring (bicyclic) bond motifs is 1. The molecule has 0 saturated carbocycles. The first-order chi connectivity index (χ1) is 14.9. The summed E-state index contributed by atoms with van der Waals surface area (Å²) in [6.07, 6.45) is 4.21. The molecule has 0 radical (unpaired) electrons. The number of anilines is 1. The van der Waals surface area contributed by atoms with Crippen LogP contribution in [0.5, 0.6) is 0 Å². The van der Waals surface area contributed by atoms with Gasteiger partial charge in [0.15, 0.2) is 17.4 Å². The standard InChI is InChI=1S/C24H20F2N4O/c1-30(2)16-8-6-14(7-9-16)15-10-18-20(13-29-24(18)28-12-15)23(31)19(11-27)17-4-3-5-21(25)22(17)26/h3-13H,27H2,1-2H3,(H,28,29). The average Bonchev–Trinajstić information content (AvgIpc) is 3.20. The Bertz CT molecular complexity index is 1310. The molecule has 4 rings (SSSR count). The molecule has 0 spiro atoms. The number of carbonyl (C=O) groups excluding carboxylic acids is 1. The highest BCUT2D eigenvalue weighted by Crippen LogP contribution is 2.30. The van der Waals surface area contributed by atoms with E-state index in [1.165, 1.54) is 18.3 Å². The van der Waals surface area contributed by atoms with Crippen molar-refractivity contribution in [2.24, 2.45) is 5.73 Å². The van der Waals surface area contributed by atoms with Crippen LogP contribution in [0.1, 0.15) is 15.9 Å². The summed E-state index contributed by atoms with van der Waals surface area (Å²) in [6, 6.07) is 13.4. The van der Waals surface area contributed by atoms with Crippen molar-refractivity contribution in [2.75, 3.05) is 19.0 Å². The maximum absolute atomic E-state index is 14.3. The highest BCUT2D eigenvalue weighted by Gasteiger charge is 2.22. The molecule has 3 N–H and O–H groups in total. The average molecular weight is 418 g/mol. The van der Waals surface area contributed by atoms with Crippen LogP contribution in [0.25, 0.3) is 27.7 Å². The van der Waals surface area contributed by atoms with Crippen molar-refractivity contribution in [3.63, 3.8) is 0 Å². The lowest BCUT2D eigenvalue weighted by atomic mass is 9.96. The SMILES string of the molecule is CN(C)c1ccc(-c2cnc3[nH]cc(C(=O)C(=CN)c4cccc(F)c4F)c3c2)cc1. The maximum atomic E-state index is 14.3. The number of rotatable bonds is 5. The second-order valence-corrected chi connectivity index (χ2v) is 7.27. The van der Waals surface area contributed by atoms with E-state index in [1.54, 1.807) is 6.20 Å². The smallest absolute Gasteiger partial charge is 0.197 e. The molecule has 2 heterocycles. The van der Waals surface area contributed by atoms with Crippen LogP contribution in [0.15, 0.2) is 67.1 Å². The summed E-state index contributed by atoms with van der Waals surface area (Å²) in [6.45, 7) is 0. The zero-order valence-corrected chi connectivity index (χ0v) is 17.0. The van der Waals surface area contributed by atoms with E-state index in [9.17, 15) is 13.6 Å². The number of hydrogen-bond acceptors (Lipinski definition) is 4. The Morgan fingerprint density at radius 3 is 2.48 bits per heavy atom. The fourth-order valence-electron chi connectivity index (χ4n) is 3.45. The van der Waals surface area contributed by atoms with Crippen LogP contribution < -0.4 is 10.6 Å². The number of aromatic nitrogens is 2. The summed E-state index contributed by atoms with van der Waals surface area (Å²) in [7, 11) is 3.93. The van der Waals surface area contributed by atoms with Crippen LogP contribution in [0.3, 0.4) is 0 Å². The van der Waals surface area contributed by atoms with Gasteiger partial charge < -0.3 is 15.6 Å². The zero-order valence-electron chi connectivity index (χ0n) is 17.0. The van der Waals surface area contributed by atoms with Gasteiger partial charge in [0, 0.05) is 66.0 Å². The number of benzene rings is 2. The topological polar surface area (TPSA) is 75.0 Å². The van der Waals surface area contributed by atoms with Gasteiger partial charge in [-0.3, -0.25) is 4.79 Å². The number of allylic oxidation sites excluding steroid dienone is 1. The van der Waals surface area contributed by atoms with E-state index in [2.05, 4.69) is 9.97 Å². The van der Waals surface area contributed by atoms with Crippen molar-refractivity contribution >= 4 is 28.1 Å². The molecule has 0 aliphatic rings. The summed E-state index contributed by atoms with van der Waals surface area (Å²) >= 11 is 0. The summed E-state index contributed by atoms with van der Waals surface area (Å²) in [5.74, 6) is -2.69. The number of carbonyl (C=O) groups is 1. The van der Waals surface area contributed by atoms with E-state index < -0.39 is 17.4 Å². The molecule has 7 heteroatoms. The molecule has 4 aromatic rings. The fraction of sp³-hybridized carbons (Fsp3) is 0.0833. The lowest BCUT2D eigenvalue weighted by Crippen LogP contribution is -2.08. The van der Waals surface area contributed by atoms with Gasteiger partial charge in [-0.1, -0.05) is 24.3 Å². The van der Waals surface area contributed by atoms with Crippen LogP contribution in [0, 0.1) is 11.6 Å². The minimum absolute atomic E-state index is 0.126. The largest absolute Gasteiger partial charge is 0.404 e. The van der Waals surface area contributed by atoms with E-state index >= 15 is 0 Å². The molecule has 156 valence electrons. The molecule has 0 amide bonds. The molecule has 0 atom stereocenters. The molecular formula is C24H20F2N4O. The Balaban J connectivity index is 1.76. The third-order valence-electron chi connectivity index (χ3n) is 5.15. The first-order valence-corrected chi connectivity index (χ1v) is 9.56. The van der Waals surface area contributed by atoms with Gasteiger partial charge in [-0.15, -0.1) is 0 Å². The molecule has 2 aromatic carbocycles. The molecule has 2 aromatic heterocycles. The molecule has 0 aliphatic carbocycles. The Morgan fingerprint density at radius 1 is 1.06 bits per heavy atom. The molecule has 0 unspecified atom stereocenters. The van der Waals surface area contributed by atoms with Gasteiger partial charge >= 0.3 is 0 Å². The van der Waals surface area contributed by atoms with Crippen LogP contribution in [-0.4, -0.2) is 29.8 Å². The van der Waals surface area contributed by atoms with E-state index in [-0.39, 0.29) is 16.7 Å². The Hall–Kier alpha value is -4.00. The Labute approximate surface area is 177 Å². The van der Waals surface area contributed by atoms with E-state index in [4.69, 9.17) is 5.73 Å². The minimum atomic E-state index is -1.12. The summed E-state index contributed by atoms with van der Waals surface area (Å²) < 4.78 is 28.0. The van der Waals surface area contributed by atoms with Crippen molar-refractivity contribution in [2.45, 2.75) is 0 Å². The second-order valence-electron chi connectivity index (χ2n) is 7.27. The molecule has 5 nitrogen and oxygen atoms in total. The number of nitrogens with zero attached hydrogens (tertiary/aromatic N) is 2. The Kier molecular flexibility index (Phi) is 5.25. The predicted molar refractivity (Wildman–Crippen MR) is 119 cm³/mol. The number of aromatic amines is 1. The normalized spacial score (nSPS) is 11.7. The summed E-state index contributed by atoms with van der Waals surface area (Å²) in [5.41, 5.74) is 8.91. The van der Waals surface area contributed by atoms with Gasteiger partial charge in [0.25, 0.3) is 0 Å². The van der Waals surface area contributed by atoms with Gasteiger partial charge in [0.05, 0.1) is 0 Å². The Morgan fingerprint density at radius 2 is 1.81 bits per heavy atom. The number of halogens is 2. The van der Waals surface area contributed by atoms with Crippen LogP contribution in [0.2, 0.25) is 0 Å². The third-order valence-corrected chi connectivity index (χ3v) is 5.15. The number of nitrogens with two attached hydrogens (primary N) is 1.